The van der Waals surface area contributed by atoms with Crippen LogP contribution in [0, 0.1) is 17.5 Å². The van der Waals surface area contributed by atoms with E-state index >= 15 is 0 Å². The highest BCUT2D eigenvalue weighted by Gasteiger charge is 2.55. The van der Waals surface area contributed by atoms with E-state index in [0.29, 0.717) is 0 Å². The predicted octanol–water partition coefficient (Wildman–Crippen LogP) is 2.72. The van der Waals surface area contributed by atoms with Crippen molar-refractivity contribution in [2.75, 3.05) is 20.3 Å². The number of ether oxygens (including phenoxy) is 6. The van der Waals surface area contributed by atoms with Crippen molar-refractivity contribution >= 4 is 11.9 Å². The third-order valence-corrected chi connectivity index (χ3v) is 6.02. The molecule has 0 saturated carbocycles. The Labute approximate surface area is 222 Å². The molecule has 0 spiro atoms. The molecule has 1 aromatic heterocycles. The van der Waals surface area contributed by atoms with Gasteiger partial charge in [-0.25, -0.2) is 27.4 Å². The maximum absolute atomic E-state index is 13.9. The molecule has 0 N–H and O–H groups in total. The van der Waals surface area contributed by atoms with Crippen molar-refractivity contribution in [3.63, 3.8) is 0 Å². The molecule has 11 nitrogen and oxygen atoms in total. The summed E-state index contributed by atoms with van der Waals surface area (Å²) < 4.78 is 76.5. The largest absolute Gasteiger partial charge is 0.467 e. The Balaban J connectivity index is 1.74. The van der Waals surface area contributed by atoms with Gasteiger partial charge in [0.2, 0.25) is 0 Å². The van der Waals surface area contributed by atoms with E-state index in [9.17, 15) is 22.8 Å². The van der Waals surface area contributed by atoms with Gasteiger partial charge in [0.25, 0.3) is 0 Å². The van der Waals surface area contributed by atoms with Crippen molar-refractivity contribution in [2.45, 2.75) is 76.5 Å². The van der Waals surface area contributed by atoms with E-state index in [4.69, 9.17) is 28.4 Å². The van der Waals surface area contributed by atoms with Crippen molar-refractivity contribution < 1.29 is 51.2 Å². The minimum atomic E-state index is -1.62. The summed E-state index contributed by atoms with van der Waals surface area (Å²) >= 11 is 0. The molecule has 0 bridgehead atoms. The summed E-state index contributed by atoms with van der Waals surface area (Å²) in [5.41, 5.74) is -0.864. The first kappa shape index (κ1) is 28.9. The molecule has 0 amide bonds. The minimum absolute atomic E-state index is 0.00247. The maximum Gasteiger partial charge on any atom is 0.337 e. The van der Waals surface area contributed by atoms with E-state index < -0.39 is 77.8 Å². The number of carbonyl (C=O) groups excluding carboxylic acids is 2. The number of rotatable bonds is 6. The van der Waals surface area contributed by atoms with Gasteiger partial charge in [0.15, 0.2) is 29.3 Å². The first-order valence-corrected chi connectivity index (χ1v) is 12.1. The Morgan fingerprint density at radius 1 is 1.18 bits per heavy atom. The Kier molecular flexibility index (Phi) is 8.03. The standard InChI is InChI=1S/C25H30F3N3O8/c1-24(2,3)38-17(32)11-35-21-19(20-16(10-36-25(4,5)39-20)37-22(21)23(33)34-6)31-9-15(29-30-31)12-7-13(26)18(28)14(27)8-12/h7-9,16,19-22H,10-11H2,1-6H3/t16-,19+,20+,21-,22-/m1/s1. The van der Waals surface area contributed by atoms with Gasteiger partial charge in [-0.1, -0.05) is 5.21 Å². The number of aromatic nitrogens is 3. The van der Waals surface area contributed by atoms with E-state index in [1.165, 1.54) is 18.0 Å². The molecule has 14 heteroatoms. The molecule has 2 fully saturated rings. The molecule has 214 valence electrons. The summed E-state index contributed by atoms with van der Waals surface area (Å²) in [6.45, 7) is 7.92. The summed E-state index contributed by atoms with van der Waals surface area (Å²) in [4.78, 5) is 25.2. The van der Waals surface area contributed by atoms with Crippen molar-refractivity contribution in [2.24, 2.45) is 0 Å². The molecule has 2 aliphatic heterocycles. The van der Waals surface area contributed by atoms with Crippen LogP contribution in [0.25, 0.3) is 11.3 Å². The number of carbonyl (C=O) groups is 2. The van der Waals surface area contributed by atoms with Crippen LogP contribution in [0.2, 0.25) is 0 Å². The van der Waals surface area contributed by atoms with Gasteiger partial charge in [0.1, 0.15) is 42.3 Å². The lowest BCUT2D eigenvalue weighted by Gasteiger charge is -2.50. The van der Waals surface area contributed by atoms with Gasteiger partial charge in [-0.3, -0.25) is 0 Å². The molecule has 0 aliphatic carbocycles. The summed E-state index contributed by atoms with van der Waals surface area (Å²) in [5, 5.41) is 8.08. The fourth-order valence-corrected chi connectivity index (χ4v) is 4.44. The first-order chi connectivity index (χ1) is 18.2. The Hall–Kier alpha value is -3.07. The lowest BCUT2D eigenvalue weighted by Crippen LogP contribution is -2.64. The zero-order valence-electron chi connectivity index (χ0n) is 22.3. The molecule has 1 aromatic carbocycles. The summed E-state index contributed by atoms with van der Waals surface area (Å²) in [5.74, 6) is -6.97. The van der Waals surface area contributed by atoms with Crippen LogP contribution in [0.5, 0.6) is 0 Å². The number of halogens is 3. The molecule has 2 aromatic rings. The van der Waals surface area contributed by atoms with E-state index in [0.717, 1.165) is 12.1 Å². The van der Waals surface area contributed by atoms with Crippen molar-refractivity contribution in [3.05, 3.63) is 35.8 Å². The maximum atomic E-state index is 13.9. The molecule has 5 atom stereocenters. The normalized spacial score (nSPS) is 26.5. The van der Waals surface area contributed by atoms with Crippen LogP contribution in [-0.4, -0.2) is 83.1 Å². The van der Waals surface area contributed by atoms with E-state index in [-0.39, 0.29) is 17.9 Å². The van der Waals surface area contributed by atoms with Crippen molar-refractivity contribution in [1.29, 1.82) is 0 Å². The molecule has 3 heterocycles. The zero-order valence-corrected chi connectivity index (χ0v) is 22.3. The SMILES string of the molecule is COC(=O)[C@@H]1O[C@@H]2COC(C)(C)O[C@@H]2[C@H](n2cc(-c3cc(F)c(F)c(F)c3)nn2)[C@H]1OCC(=O)OC(C)(C)C. The van der Waals surface area contributed by atoms with Gasteiger partial charge >= 0.3 is 11.9 Å². The Morgan fingerprint density at radius 2 is 1.85 bits per heavy atom. The lowest BCUT2D eigenvalue weighted by atomic mass is 9.91. The smallest absolute Gasteiger partial charge is 0.337 e. The average Bonchev–Trinajstić information content (AvgIpc) is 3.32. The number of methoxy groups -OCH3 is 1. The van der Waals surface area contributed by atoms with Gasteiger partial charge in [0, 0.05) is 5.56 Å². The third kappa shape index (κ3) is 6.40. The van der Waals surface area contributed by atoms with Gasteiger partial charge in [-0.2, -0.15) is 0 Å². The van der Waals surface area contributed by atoms with Crippen LogP contribution in [0.4, 0.5) is 13.2 Å². The second-order valence-corrected chi connectivity index (χ2v) is 10.6. The summed E-state index contributed by atoms with van der Waals surface area (Å²) in [7, 11) is 1.17. The van der Waals surface area contributed by atoms with Crippen LogP contribution in [0.3, 0.4) is 0 Å². The Morgan fingerprint density at radius 3 is 2.46 bits per heavy atom. The highest BCUT2D eigenvalue weighted by molar-refractivity contribution is 5.76. The van der Waals surface area contributed by atoms with Gasteiger partial charge in [0.05, 0.1) is 19.9 Å². The molecule has 0 radical (unpaired) electrons. The quantitative estimate of drug-likeness (QED) is 0.387. The fraction of sp³-hybridized carbons (Fsp3) is 0.600. The lowest BCUT2D eigenvalue weighted by molar-refractivity contribution is -0.348. The molecule has 0 unspecified atom stereocenters. The van der Waals surface area contributed by atoms with Crippen LogP contribution in [0.1, 0.15) is 40.7 Å². The van der Waals surface area contributed by atoms with Gasteiger partial charge in [-0.05, 0) is 46.8 Å². The van der Waals surface area contributed by atoms with Crippen LogP contribution >= 0.6 is 0 Å². The van der Waals surface area contributed by atoms with Crippen molar-refractivity contribution in [3.8, 4) is 11.3 Å². The molecule has 2 aliphatic rings. The van der Waals surface area contributed by atoms with Gasteiger partial charge < -0.3 is 28.4 Å². The third-order valence-electron chi connectivity index (χ3n) is 6.02. The minimum Gasteiger partial charge on any atom is -0.467 e. The molecular weight excluding hydrogens is 527 g/mol. The zero-order chi connectivity index (χ0) is 28.7. The second-order valence-electron chi connectivity index (χ2n) is 10.6. The highest BCUT2D eigenvalue weighted by atomic mass is 19.2. The average molecular weight is 558 g/mol. The number of esters is 2. The number of hydrogen-bond donors (Lipinski definition) is 0. The van der Waals surface area contributed by atoms with Crippen molar-refractivity contribution in [1.82, 2.24) is 15.0 Å². The number of benzene rings is 1. The predicted molar refractivity (Wildman–Crippen MR) is 126 cm³/mol. The van der Waals surface area contributed by atoms with Crippen LogP contribution in [0.15, 0.2) is 18.3 Å². The van der Waals surface area contributed by atoms with E-state index in [1.54, 1.807) is 34.6 Å². The summed E-state index contributed by atoms with van der Waals surface area (Å²) in [6, 6.07) is 0.595. The molecule has 4 rings (SSSR count). The summed E-state index contributed by atoms with van der Waals surface area (Å²) in [6.07, 6.45) is -2.85. The molecule has 39 heavy (non-hydrogen) atoms. The van der Waals surface area contributed by atoms with Crippen LogP contribution in [-0.2, 0) is 38.0 Å². The number of nitrogens with zero attached hydrogens (tertiary/aromatic N) is 3. The Bertz CT molecular complexity index is 1210. The fourth-order valence-electron chi connectivity index (χ4n) is 4.44. The number of fused-ring (bicyclic) bond motifs is 1. The molecule has 2 saturated heterocycles. The van der Waals surface area contributed by atoms with Crippen LogP contribution < -0.4 is 0 Å². The first-order valence-electron chi connectivity index (χ1n) is 12.1. The highest BCUT2D eigenvalue weighted by Crippen LogP contribution is 2.40. The monoisotopic (exact) mass is 557 g/mol. The van der Waals surface area contributed by atoms with E-state index in [2.05, 4.69) is 10.3 Å². The number of hydrogen-bond acceptors (Lipinski definition) is 10. The van der Waals surface area contributed by atoms with Gasteiger partial charge in [-0.15, -0.1) is 5.10 Å². The topological polar surface area (TPSA) is 120 Å². The van der Waals surface area contributed by atoms with E-state index in [1.807, 2.05) is 0 Å². The molecular formula is C25H30F3N3O8. The second kappa shape index (κ2) is 10.8.